The molecule has 1 aromatic carbocycles. The summed E-state index contributed by atoms with van der Waals surface area (Å²) in [4.78, 5) is 38.0. The van der Waals surface area contributed by atoms with Gasteiger partial charge >= 0.3 is 0 Å². The first-order valence-corrected chi connectivity index (χ1v) is 10.8. The second-order valence-corrected chi connectivity index (χ2v) is 7.57. The van der Waals surface area contributed by atoms with Gasteiger partial charge in [0, 0.05) is 31.7 Å². The molecule has 0 saturated carbocycles. The van der Waals surface area contributed by atoms with Gasteiger partial charge in [-0.2, -0.15) is 0 Å². The third-order valence-corrected chi connectivity index (χ3v) is 5.42. The highest BCUT2D eigenvalue weighted by atomic mass is 16.5. The summed E-state index contributed by atoms with van der Waals surface area (Å²) in [6, 6.07) is 5.11. The fraction of sp³-hybridized carbons (Fsp3) is 0.591. The lowest BCUT2D eigenvalue weighted by atomic mass is 10.00. The van der Waals surface area contributed by atoms with Crippen LogP contribution < -0.4 is 11.1 Å². The Morgan fingerprint density at radius 3 is 2.42 bits per heavy atom. The van der Waals surface area contributed by atoms with E-state index in [1.807, 2.05) is 12.1 Å². The van der Waals surface area contributed by atoms with Crippen molar-refractivity contribution in [1.29, 1.82) is 0 Å². The Morgan fingerprint density at radius 1 is 1.00 bits per heavy atom. The van der Waals surface area contributed by atoms with E-state index in [0.29, 0.717) is 64.7 Å². The van der Waals surface area contributed by atoms with Gasteiger partial charge in [-0.05, 0) is 36.5 Å². The average Bonchev–Trinajstić information content (AvgIpc) is 3.09. The van der Waals surface area contributed by atoms with Crippen LogP contribution in [0.4, 0.5) is 0 Å². The van der Waals surface area contributed by atoms with Crippen LogP contribution in [0.25, 0.3) is 0 Å². The summed E-state index contributed by atoms with van der Waals surface area (Å²) in [7, 11) is 0. The van der Waals surface area contributed by atoms with E-state index < -0.39 is 6.04 Å². The first-order valence-electron chi connectivity index (χ1n) is 10.8. The Morgan fingerprint density at radius 2 is 1.71 bits per heavy atom. The van der Waals surface area contributed by atoms with E-state index in [9.17, 15) is 14.4 Å². The van der Waals surface area contributed by atoms with Gasteiger partial charge in [-0.15, -0.1) is 0 Å². The molecule has 3 amide bonds. The van der Waals surface area contributed by atoms with Crippen molar-refractivity contribution in [3.8, 4) is 0 Å². The molecule has 1 unspecified atom stereocenters. The van der Waals surface area contributed by atoms with E-state index in [2.05, 4.69) is 5.32 Å². The van der Waals surface area contributed by atoms with Crippen molar-refractivity contribution in [2.24, 2.45) is 5.73 Å². The van der Waals surface area contributed by atoms with Crippen LogP contribution in [-0.2, 0) is 36.8 Å². The Kier molecular flexibility index (Phi) is 8.96. The standard InChI is InChI=1S/C22H31N3O6/c23-8-10-30-12-14-31-13-11-29-9-2-4-16-3-1-5-17-18(16)15-25(22(17)28)19-6-7-20(26)24-21(19)27/h1,3,5,19H,2,4,6-15,23H2,(H,24,26,27). The molecule has 9 nitrogen and oxygen atoms in total. The van der Waals surface area contributed by atoms with Crippen molar-refractivity contribution in [2.45, 2.75) is 38.3 Å². The summed E-state index contributed by atoms with van der Waals surface area (Å²) in [5.41, 5.74) is 8.05. The predicted octanol–water partition coefficient (Wildman–Crippen LogP) is 0.389. The molecule has 0 bridgehead atoms. The summed E-state index contributed by atoms with van der Waals surface area (Å²) < 4.78 is 16.3. The zero-order valence-corrected chi connectivity index (χ0v) is 17.8. The van der Waals surface area contributed by atoms with E-state index >= 15 is 0 Å². The van der Waals surface area contributed by atoms with Crippen LogP contribution >= 0.6 is 0 Å². The van der Waals surface area contributed by atoms with Crippen LogP contribution in [0.2, 0.25) is 0 Å². The molecule has 2 aliphatic rings. The van der Waals surface area contributed by atoms with Gasteiger partial charge in [0.1, 0.15) is 6.04 Å². The molecule has 3 N–H and O–H groups in total. The maximum Gasteiger partial charge on any atom is 0.255 e. The third kappa shape index (κ3) is 6.33. The summed E-state index contributed by atoms with van der Waals surface area (Å²) >= 11 is 0. The molecule has 2 aliphatic heterocycles. The Hall–Kier alpha value is -2.33. The lowest BCUT2D eigenvalue weighted by Gasteiger charge is -2.29. The van der Waals surface area contributed by atoms with Crippen molar-refractivity contribution >= 4 is 17.7 Å². The molecule has 0 aliphatic carbocycles. The number of fused-ring (bicyclic) bond motifs is 1. The Labute approximate surface area is 182 Å². The topological polar surface area (TPSA) is 120 Å². The van der Waals surface area contributed by atoms with Crippen molar-refractivity contribution in [3.63, 3.8) is 0 Å². The minimum Gasteiger partial charge on any atom is -0.379 e. The molecule has 1 fully saturated rings. The van der Waals surface area contributed by atoms with Gasteiger partial charge in [-0.3, -0.25) is 19.7 Å². The van der Waals surface area contributed by atoms with Crippen LogP contribution in [0.5, 0.6) is 0 Å². The fourth-order valence-corrected chi connectivity index (χ4v) is 3.87. The third-order valence-electron chi connectivity index (χ3n) is 5.42. The molecule has 0 radical (unpaired) electrons. The van der Waals surface area contributed by atoms with Crippen molar-refractivity contribution in [2.75, 3.05) is 46.2 Å². The number of imide groups is 1. The molecular formula is C22H31N3O6. The summed E-state index contributed by atoms with van der Waals surface area (Å²) in [5, 5.41) is 2.33. The summed E-state index contributed by atoms with van der Waals surface area (Å²) in [6.07, 6.45) is 2.23. The number of carbonyl (C=O) groups excluding carboxylic acids is 3. The number of piperidine rings is 1. The van der Waals surface area contributed by atoms with Crippen LogP contribution in [0.1, 0.15) is 40.7 Å². The van der Waals surface area contributed by atoms with E-state index in [-0.39, 0.29) is 24.1 Å². The minimum atomic E-state index is -0.588. The smallest absolute Gasteiger partial charge is 0.255 e. The number of hydrogen-bond donors (Lipinski definition) is 2. The van der Waals surface area contributed by atoms with Crippen molar-refractivity contribution in [1.82, 2.24) is 10.2 Å². The molecule has 1 saturated heterocycles. The molecule has 0 spiro atoms. The largest absolute Gasteiger partial charge is 0.379 e. The molecule has 1 aromatic rings. The SMILES string of the molecule is NCCOCCOCCOCCCc1cccc2c1CN(C1CCC(=O)NC1=O)C2=O. The number of aryl methyl sites for hydroxylation is 1. The highest BCUT2D eigenvalue weighted by Crippen LogP contribution is 2.30. The first-order chi connectivity index (χ1) is 15.1. The second kappa shape index (κ2) is 11.9. The number of ether oxygens (including phenoxy) is 3. The minimum absolute atomic E-state index is 0.143. The maximum absolute atomic E-state index is 12.8. The summed E-state index contributed by atoms with van der Waals surface area (Å²) in [6.45, 7) is 4.14. The highest BCUT2D eigenvalue weighted by molar-refractivity contribution is 6.05. The first kappa shape index (κ1) is 23.3. The fourth-order valence-electron chi connectivity index (χ4n) is 3.87. The second-order valence-electron chi connectivity index (χ2n) is 7.57. The predicted molar refractivity (Wildman–Crippen MR) is 112 cm³/mol. The van der Waals surface area contributed by atoms with Gasteiger partial charge in [0.15, 0.2) is 0 Å². The van der Waals surface area contributed by atoms with Crippen LogP contribution in [-0.4, -0.2) is 74.8 Å². The zero-order chi connectivity index (χ0) is 22.1. The van der Waals surface area contributed by atoms with Crippen LogP contribution in [0.3, 0.4) is 0 Å². The van der Waals surface area contributed by atoms with Gasteiger partial charge in [-0.25, -0.2) is 0 Å². The number of amides is 3. The number of nitrogens with one attached hydrogen (secondary N) is 1. The molecule has 9 heteroatoms. The van der Waals surface area contributed by atoms with Gasteiger partial charge in [0.05, 0.1) is 33.0 Å². The molecule has 31 heavy (non-hydrogen) atoms. The molecule has 1 atom stereocenters. The van der Waals surface area contributed by atoms with Gasteiger partial charge in [0.2, 0.25) is 11.8 Å². The molecule has 3 rings (SSSR count). The summed E-state index contributed by atoms with van der Waals surface area (Å²) in [5.74, 6) is -0.813. The zero-order valence-electron chi connectivity index (χ0n) is 17.8. The van der Waals surface area contributed by atoms with E-state index in [1.54, 1.807) is 11.0 Å². The van der Waals surface area contributed by atoms with Crippen LogP contribution in [0, 0.1) is 0 Å². The maximum atomic E-state index is 12.8. The average molecular weight is 434 g/mol. The number of benzene rings is 1. The molecule has 0 aromatic heterocycles. The quantitative estimate of drug-likeness (QED) is 0.341. The monoisotopic (exact) mass is 433 g/mol. The number of nitrogens with zero attached hydrogens (tertiary/aromatic N) is 1. The number of hydrogen-bond acceptors (Lipinski definition) is 7. The van der Waals surface area contributed by atoms with Crippen LogP contribution in [0.15, 0.2) is 18.2 Å². The lowest BCUT2D eigenvalue weighted by molar-refractivity contribution is -0.136. The van der Waals surface area contributed by atoms with Crippen molar-refractivity contribution < 1.29 is 28.6 Å². The van der Waals surface area contributed by atoms with E-state index in [4.69, 9.17) is 19.9 Å². The Bertz CT molecular complexity index is 785. The normalized spacial score (nSPS) is 18.4. The molecule has 2 heterocycles. The molecule has 170 valence electrons. The van der Waals surface area contributed by atoms with Gasteiger partial charge in [0.25, 0.3) is 5.91 Å². The highest BCUT2D eigenvalue weighted by Gasteiger charge is 2.39. The van der Waals surface area contributed by atoms with E-state index in [0.717, 1.165) is 24.0 Å². The Balaban J connectivity index is 1.40. The van der Waals surface area contributed by atoms with Gasteiger partial charge < -0.3 is 24.8 Å². The number of nitrogens with two attached hydrogens (primary N) is 1. The van der Waals surface area contributed by atoms with Gasteiger partial charge in [-0.1, -0.05) is 12.1 Å². The molecular weight excluding hydrogens is 402 g/mol. The number of rotatable bonds is 13. The lowest BCUT2D eigenvalue weighted by Crippen LogP contribution is -2.52. The number of carbonyl (C=O) groups is 3. The van der Waals surface area contributed by atoms with E-state index in [1.165, 1.54) is 0 Å². The van der Waals surface area contributed by atoms with Crippen molar-refractivity contribution in [3.05, 3.63) is 34.9 Å².